The summed E-state index contributed by atoms with van der Waals surface area (Å²) in [5, 5.41) is 27.7. The van der Waals surface area contributed by atoms with Crippen LogP contribution in [0, 0.1) is 0 Å². The van der Waals surface area contributed by atoms with Gasteiger partial charge >= 0.3 is 5.97 Å². The molecule has 14 heavy (non-hydrogen) atoms. The van der Waals surface area contributed by atoms with Crippen LogP contribution in [0.25, 0.3) is 0 Å². The molecular weight excluding hydrogens is 188 g/mol. The number of aromatic hydroxyl groups is 2. The molecule has 0 saturated carbocycles. The number of rotatable bonds is 2. The second-order valence-corrected chi connectivity index (χ2v) is 2.67. The zero-order chi connectivity index (χ0) is 10.7. The molecule has 5 heteroatoms. The van der Waals surface area contributed by atoms with Crippen molar-refractivity contribution in [3.8, 4) is 11.5 Å². The average Bonchev–Trinajstić information content (AvgIpc) is 2.19. The number of phenolic OH excluding ortho intramolecular Hbond substituents is 2. The third-order valence-electron chi connectivity index (χ3n) is 1.73. The van der Waals surface area contributed by atoms with Crippen molar-refractivity contribution in [2.45, 2.75) is 6.10 Å². The van der Waals surface area contributed by atoms with Crippen molar-refractivity contribution in [3.63, 3.8) is 0 Å². The van der Waals surface area contributed by atoms with Gasteiger partial charge in [0.25, 0.3) is 0 Å². The van der Waals surface area contributed by atoms with Gasteiger partial charge in [-0.25, -0.2) is 4.79 Å². The van der Waals surface area contributed by atoms with E-state index in [0.717, 1.165) is 13.2 Å². The Morgan fingerprint density at radius 1 is 1.43 bits per heavy atom. The summed E-state index contributed by atoms with van der Waals surface area (Å²) in [6.45, 7) is 0. The minimum Gasteiger partial charge on any atom is -0.508 e. The summed E-state index contributed by atoms with van der Waals surface area (Å²) in [6.07, 6.45) is -1.59. The van der Waals surface area contributed by atoms with E-state index in [2.05, 4.69) is 4.74 Å². The van der Waals surface area contributed by atoms with Gasteiger partial charge in [0.1, 0.15) is 11.5 Å². The summed E-state index contributed by atoms with van der Waals surface area (Å²) >= 11 is 0. The van der Waals surface area contributed by atoms with Crippen LogP contribution in [0.4, 0.5) is 0 Å². The number of aliphatic hydroxyl groups excluding tert-OH is 1. The number of carbonyl (C=O) groups is 1. The van der Waals surface area contributed by atoms with Crippen molar-refractivity contribution < 1.29 is 24.9 Å². The third kappa shape index (κ3) is 1.94. The minimum atomic E-state index is -1.59. The van der Waals surface area contributed by atoms with Crippen molar-refractivity contribution >= 4 is 5.97 Å². The second-order valence-electron chi connectivity index (χ2n) is 2.67. The molecule has 0 aromatic heterocycles. The molecule has 3 N–H and O–H groups in total. The Balaban J connectivity index is 3.05. The van der Waals surface area contributed by atoms with E-state index in [1.54, 1.807) is 0 Å². The first-order valence-corrected chi connectivity index (χ1v) is 3.84. The van der Waals surface area contributed by atoms with Gasteiger partial charge in [0.2, 0.25) is 0 Å². The van der Waals surface area contributed by atoms with Crippen LogP contribution < -0.4 is 0 Å². The molecule has 1 rings (SSSR count). The summed E-state index contributed by atoms with van der Waals surface area (Å²) < 4.78 is 4.28. The predicted molar refractivity (Wildman–Crippen MR) is 46.7 cm³/mol. The van der Waals surface area contributed by atoms with Gasteiger partial charge in [-0.2, -0.15) is 0 Å². The molecule has 0 heterocycles. The van der Waals surface area contributed by atoms with Crippen LogP contribution in [-0.2, 0) is 9.53 Å². The highest BCUT2D eigenvalue weighted by Crippen LogP contribution is 2.28. The molecule has 1 aromatic rings. The van der Waals surface area contributed by atoms with Gasteiger partial charge < -0.3 is 20.1 Å². The molecule has 0 fully saturated rings. The normalized spacial score (nSPS) is 12.1. The monoisotopic (exact) mass is 198 g/mol. The molecule has 5 nitrogen and oxygen atoms in total. The van der Waals surface area contributed by atoms with Crippen LogP contribution in [-0.4, -0.2) is 28.4 Å². The van der Waals surface area contributed by atoms with Crippen molar-refractivity contribution in [1.29, 1.82) is 0 Å². The largest absolute Gasteiger partial charge is 0.508 e. The van der Waals surface area contributed by atoms with Crippen molar-refractivity contribution in [2.24, 2.45) is 0 Å². The Hall–Kier alpha value is -1.75. The van der Waals surface area contributed by atoms with Crippen LogP contribution in [0.1, 0.15) is 11.7 Å². The maximum Gasteiger partial charge on any atom is 0.339 e. The van der Waals surface area contributed by atoms with Gasteiger partial charge in [0.05, 0.1) is 7.11 Å². The number of hydrogen-bond acceptors (Lipinski definition) is 5. The maximum absolute atomic E-state index is 10.9. The summed E-state index contributed by atoms with van der Waals surface area (Å²) in [5.74, 6) is -1.33. The molecule has 0 aliphatic carbocycles. The lowest BCUT2D eigenvalue weighted by Crippen LogP contribution is -2.13. The zero-order valence-electron chi connectivity index (χ0n) is 7.47. The third-order valence-corrected chi connectivity index (χ3v) is 1.73. The van der Waals surface area contributed by atoms with E-state index >= 15 is 0 Å². The average molecular weight is 198 g/mol. The molecule has 1 unspecified atom stereocenters. The molecule has 1 aromatic carbocycles. The molecule has 76 valence electrons. The number of esters is 1. The quantitative estimate of drug-likeness (QED) is 0.470. The SMILES string of the molecule is COC(=O)C(O)c1cc(O)ccc1O. The minimum absolute atomic E-state index is 0.0862. The Bertz CT molecular complexity index is 347. The second kappa shape index (κ2) is 3.97. The number of ether oxygens (including phenoxy) is 1. The summed E-state index contributed by atoms with van der Waals surface area (Å²) in [6, 6.07) is 3.51. The fourth-order valence-electron chi connectivity index (χ4n) is 1.000. The standard InChI is InChI=1S/C9H10O5/c1-14-9(13)8(12)6-4-5(10)2-3-7(6)11/h2-4,8,10-12H,1H3. The number of phenols is 2. The van der Waals surface area contributed by atoms with Crippen molar-refractivity contribution in [2.75, 3.05) is 7.11 Å². The molecular formula is C9H10O5. The molecule has 1 atom stereocenters. The maximum atomic E-state index is 10.9. The summed E-state index contributed by atoms with van der Waals surface area (Å²) in [5.41, 5.74) is -0.0862. The van der Waals surface area contributed by atoms with Crippen molar-refractivity contribution in [3.05, 3.63) is 23.8 Å². The highest BCUT2D eigenvalue weighted by atomic mass is 16.5. The van der Waals surface area contributed by atoms with E-state index in [1.165, 1.54) is 12.1 Å². The Labute approximate surface area is 80.2 Å². The van der Waals surface area contributed by atoms with Gasteiger partial charge in [-0.1, -0.05) is 0 Å². The number of hydrogen-bond donors (Lipinski definition) is 3. The van der Waals surface area contributed by atoms with Crippen LogP contribution in [0.5, 0.6) is 11.5 Å². The first-order valence-electron chi connectivity index (χ1n) is 3.84. The highest BCUT2D eigenvalue weighted by molar-refractivity contribution is 5.77. The lowest BCUT2D eigenvalue weighted by atomic mass is 10.1. The van der Waals surface area contributed by atoms with E-state index in [9.17, 15) is 15.0 Å². The number of benzene rings is 1. The van der Waals surface area contributed by atoms with Gasteiger partial charge in [-0.15, -0.1) is 0 Å². The highest BCUT2D eigenvalue weighted by Gasteiger charge is 2.21. The molecule has 0 saturated heterocycles. The van der Waals surface area contributed by atoms with E-state index in [1.807, 2.05) is 0 Å². The number of methoxy groups -OCH3 is 1. The molecule has 0 aliphatic rings. The summed E-state index contributed by atoms with van der Waals surface area (Å²) in [7, 11) is 1.12. The van der Waals surface area contributed by atoms with E-state index < -0.39 is 12.1 Å². The molecule has 0 aliphatic heterocycles. The first-order chi connectivity index (χ1) is 6.56. The van der Waals surface area contributed by atoms with Gasteiger partial charge in [0.15, 0.2) is 6.10 Å². The van der Waals surface area contributed by atoms with Gasteiger partial charge in [0, 0.05) is 5.56 Å². The predicted octanol–water partition coefficient (Wildman–Crippen LogP) is 0.304. The topological polar surface area (TPSA) is 87.0 Å². The molecule has 0 spiro atoms. The number of aliphatic hydroxyl groups is 1. The van der Waals surface area contributed by atoms with Crippen LogP contribution >= 0.6 is 0 Å². The van der Waals surface area contributed by atoms with Gasteiger partial charge in [-0.05, 0) is 18.2 Å². The number of carbonyl (C=O) groups excluding carboxylic acids is 1. The fourth-order valence-corrected chi connectivity index (χ4v) is 1.000. The Morgan fingerprint density at radius 2 is 2.07 bits per heavy atom. The lowest BCUT2D eigenvalue weighted by Gasteiger charge is -2.10. The van der Waals surface area contributed by atoms with E-state index in [-0.39, 0.29) is 17.1 Å². The van der Waals surface area contributed by atoms with Gasteiger partial charge in [-0.3, -0.25) is 0 Å². The first kappa shape index (κ1) is 10.3. The Morgan fingerprint density at radius 3 is 2.64 bits per heavy atom. The van der Waals surface area contributed by atoms with Crippen LogP contribution in [0.3, 0.4) is 0 Å². The van der Waals surface area contributed by atoms with Crippen LogP contribution in [0.15, 0.2) is 18.2 Å². The van der Waals surface area contributed by atoms with Crippen molar-refractivity contribution in [1.82, 2.24) is 0 Å². The van der Waals surface area contributed by atoms with Crippen LogP contribution in [0.2, 0.25) is 0 Å². The lowest BCUT2D eigenvalue weighted by molar-refractivity contribution is -0.150. The van der Waals surface area contributed by atoms with E-state index in [0.29, 0.717) is 0 Å². The molecule has 0 bridgehead atoms. The summed E-state index contributed by atoms with van der Waals surface area (Å²) in [4.78, 5) is 10.9. The smallest absolute Gasteiger partial charge is 0.339 e. The molecule has 0 amide bonds. The fraction of sp³-hybridized carbons (Fsp3) is 0.222. The Kier molecular flexibility index (Phi) is 2.93. The van der Waals surface area contributed by atoms with E-state index in [4.69, 9.17) is 5.11 Å². The molecule has 0 radical (unpaired) electrons. The zero-order valence-corrected chi connectivity index (χ0v) is 7.47.